The molecule has 1 amide bonds. The van der Waals surface area contributed by atoms with Gasteiger partial charge in [-0.25, -0.2) is 13.4 Å². The number of rotatable bonds is 24. The first-order valence-corrected chi connectivity index (χ1v) is 23.4. The van der Waals surface area contributed by atoms with Gasteiger partial charge in [0.2, 0.25) is 11.8 Å². The van der Waals surface area contributed by atoms with Gasteiger partial charge in [0, 0.05) is 85.5 Å². The molecule has 1 saturated heterocycles. The Hall–Kier alpha value is -3.74. The molecule has 0 saturated carbocycles. The lowest BCUT2D eigenvalue weighted by atomic mass is 9.84. The van der Waals surface area contributed by atoms with E-state index in [-0.39, 0.29) is 50.4 Å². The molecule has 0 bridgehead atoms. The normalized spacial score (nSPS) is 13.8. The summed E-state index contributed by atoms with van der Waals surface area (Å²) in [6.45, 7) is 5.49. The molecule has 1 aliphatic rings. The molecule has 4 aromatic rings. The van der Waals surface area contributed by atoms with E-state index in [2.05, 4.69) is 22.3 Å². The van der Waals surface area contributed by atoms with Crippen LogP contribution in [0, 0.1) is 0 Å². The first kappa shape index (κ1) is 51.9. The van der Waals surface area contributed by atoms with Gasteiger partial charge in [0.05, 0.1) is 38.6 Å². The third kappa shape index (κ3) is 17.0. The molecule has 2 heterocycles. The zero-order valence-corrected chi connectivity index (χ0v) is 38.1. The van der Waals surface area contributed by atoms with Crippen LogP contribution in [0.4, 0.5) is 18.9 Å². The van der Waals surface area contributed by atoms with Gasteiger partial charge in [0.1, 0.15) is 0 Å². The number of unbranched alkanes of at least 4 members (excludes halogenated alkanes) is 2. The van der Waals surface area contributed by atoms with Crippen LogP contribution >= 0.6 is 23.2 Å². The van der Waals surface area contributed by atoms with E-state index in [1.54, 1.807) is 13.2 Å². The lowest BCUT2D eigenvalue weighted by molar-refractivity contribution is -0.121. The number of aliphatic hydroxyl groups excluding tert-OH is 1. The number of benzene rings is 3. The molecular formula is C45H59Cl2F3N4O8S. The number of piperidine rings is 1. The molecular weight excluding hydrogens is 884 g/mol. The largest absolute Gasteiger partial charge is 0.511 e. The van der Waals surface area contributed by atoms with Crippen molar-refractivity contribution in [2.24, 2.45) is 0 Å². The maximum Gasteiger partial charge on any atom is 0.511 e. The Balaban J connectivity index is 0.000000990. The van der Waals surface area contributed by atoms with E-state index in [9.17, 15) is 26.4 Å². The number of fused-ring (bicyclic) bond motifs is 1. The minimum Gasteiger partial charge on any atom is -0.478 e. The SMILES string of the molecule is CCCOCCCNC(=O)CCCCCOc1cc(NC2CCN(S(=O)(=O)C(F)(F)F)CC2)c2cc(C(c3ccc(Cl)cc3)c3ccc(Cl)cc3)ccc2n1.COCCOCCO. The van der Waals surface area contributed by atoms with E-state index in [1.807, 2.05) is 66.7 Å². The highest BCUT2D eigenvalue weighted by Crippen LogP contribution is 2.38. The molecule has 0 unspecified atom stereocenters. The Kier molecular flexibility index (Phi) is 22.2. The third-order valence-electron chi connectivity index (χ3n) is 10.1. The second-order valence-corrected chi connectivity index (χ2v) is 17.7. The number of hydrogen-bond donors (Lipinski definition) is 3. The van der Waals surface area contributed by atoms with E-state index in [1.165, 1.54) is 0 Å². The molecule has 5 rings (SSSR count). The lowest BCUT2D eigenvalue weighted by Crippen LogP contribution is -2.47. The highest BCUT2D eigenvalue weighted by atomic mass is 35.5. The van der Waals surface area contributed by atoms with Crippen molar-refractivity contribution in [3.63, 3.8) is 0 Å². The standard InChI is InChI=1S/C40H47Cl2F3N4O5S.C5H12O3/c1-2-23-53-24-6-20-46-37(50)7-4-3-5-25-54-38-27-36(47-33-18-21-49(22-19-33)55(51,52)40(43,44)45)34-26-30(12-17-35(34)48-38)39(28-8-13-31(41)14-9-28)29-10-15-32(42)16-11-29;1-7-4-5-8-3-2-6/h8-17,26-27,33,39H,2-7,18-25H2,1H3,(H,46,50)(H,47,48);6H,2-5H2,1H3. The maximum absolute atomic E-state index is 13.3. The molecule has 0 radical (unpaired) electrons. The molecule has 0 spiro atoms. The number of hydrogen-bond acceptors (Lipinski definition) is 10. The molecule has 1 fully saturated rings. The van der Waals surface area contributed by atoms with E-state index in [4.69, 9.17) is 47.5 Å². The fourth-order valence-corrected chi connectivity index (χ4v) is 8.11. The van der Waals surface area contributed by atoms with Crippen LogP contribution in [0.2, 0.25) is 10.0 Å². The summed E-state index contributed by atoms with van der Waals surface area (Å²) in [4.78, 5) is 17.0. The molecule has 348 valence electrons. The van der Waals surface area contributed by atoms with Gasteiger partial charge in [-0.2, -0.15) is 17.5 Å². The third-order valence-corrected chi connectivity index (χ3v) is 12.2. The second kappa shape index (κ2) is 26.9. The Bertz CT molecular complexity index is 2020. The summed E-state index contributed by atoms with van der Waals surface area (Å²) >= 11 is 12.5. The highest BCUT2D eigenvalue weighted by Gasteiger charge is 2.50. The average Bonchev–Trinajstić information content (AvgIpc) is 3.26. The molecule has 3 aromatic carbocycles. The van der Waals surface area contributed by atoms with Crippen molar-refractivity contribution < 1.29 is 50.4 Å². The van der Waals surface area contributed by atoms with Gasteiger partial charge in [-0.3, -0.25) is 4.79 Å². The molecule has 1 aliphatic heterocycles. The van der Waals surface area contributed by atoms with Crippen LogP contribution in [0.15, 0.2) is 72.8 Å². The summed E-state index contributed by atoms with van der Waals surface area (Å²) in [5.74, 6) is 0.189. The number of ether oxygens (including phenoxy) is 4. The first-order chi connectivity index (χ1) is 30.3. The van der Waals surface area contributed by atoms with Crippen molar-refractivity contribution in [3.8, 4) is 5.88 Å². The van der Waals surface area contributed by atoms with Crippen LogP contribution < -0.4 is 15.4 Å². The predicted molar refractivity (Wildman–Crippen MR) is 241 cm³/mol. The monoisotopic (exact) mass is 942 g/mol. The molecule has 0 aliphatic carbocycles. The first-order valence-electron chi connectivity index (χ1n) is 21.2. The topological polar surface area (TPSA) is 149 Å². The van der Waals surface area contributed by atoms with Gasteiger partial charge in [0.15, 0.2) is 0 Å². The van der Waals surface area contributed by atoms with E-state index in [0.717, 1.165) is 47.9 Å². The molecule has 0 atom stereocenters. The van der Waals surface area contributed by atoms with Crippen molar-refractivity contribution in [2.45, 2.75) is 75.8 Å². The number of nitrogens with zero attached hydrogens (tertiary/aromatic N) is 2. The summed E-state index contributed by atoms with van der Waals surface area (Å²) in [7, 11) is -3.80. The van der Waals surface area contributed by atoms with Crippen LogP contribution in [0.5, 0.6) is 5.88 Å². The Morgan fingerprint density at radius 3 is 2.08 bits per heavy atom. The van der Waals surface area contributed by atoms with Crippen molar-refractivity contribution in [1.29, 1.82) is 0 Å². The van der Waals surface area contributed by atoms with Crippen molar-refractivity contribution in [2.75, 3.05) is 78.3 Å². The fraction of sp³-hybridized carbons (Fsp3) is 0.511. The smallest absolute Gasteiger partial charge is 0.478 e. The minimum atomic E-state index is -5.41. The molecule has 1 aromatic heterocycles. The van der Waals surface area contributed by atoms with E-state index < -0.39 is 15.5 Å². The number of carbonyl (C=O) groups is 1. The van der Waals surface area contributed by atoms with Gasteiger partial charge in [-0.1, -0.05) is 60.5 Å². The van der Waals surface area contributed by atoms with Crippen LogP contribution in [-0.4, -0.2) is 113 Å². The van der Waals surface area contributed by atoms with Crippen LogP contribution in [0.25, 0.3) is 10.9 Å². The summed E-state index contributed by atoms with van der Waals surface area (Å²) in [6.07, 6.45) is 4.72. The van der Waals surface area contributed by atoms with Crippen molar-refractivity contribution >= 4 is 55.7 Å². The number of aliphatic hydroxyl groups is 1. The number of halogens is 5. The minimum absolute atomic E-state index is 0.0129. The van der Waals surface area contributed by atoms with Gasteiger partial charge in [-0.15, -0.1) is 0 Å². The number of methoxy groups -OCH3 is 1. The molecule has 3 N–H and O–H groups in total. The number of amides is 1. The number of nitrogens with one attached hydrogen (secondary N) is 2. The van der Waals surface area contributed by atoms with Gasteiger partial charge in [-0.05, 0) is 98.0 Å². The number of pyridine rings is 1. The quantitative estimate of drug-likeness (QED) is 0.0460. The summed E-state index contributed by atoms with van der Waals surface area (Å²) in [6, 6.07) is 22.7. The van der Waals surface area contributed by atoms with Gasteiger partial charge >= 0.3 is 15.5 Å². The fourth-order valence-electron chi connectivity index (χ4n) is 6.87. The molecule has 18 heteroatoms. The Labute approximate surface area is 378 Å². The zero-order valence-electron chi connectivity index (χ0n) is 35.8. The van der Waals surface area contributed by atoms with E-state index in [0.29, 0.717) is 90.3 Å². The zero-order chi connectivity index (χ0) is 45.7. The highest BCUT2D eigenvalue weighted by molar-refractivity contribution is 7.90. The number of alkyl halides is 3. The van der Waals surface area contributed by atoms with Gasteiger partial charge in [0.25, 0.3) is 0 Å². The van der Waals surface area contributed by atoms with Gasteiger partial charge < -0.3 is 34.7 Å². The van der Waals surface area contributed by atoms with Crippen molar-refractivity contribution in [1.82, 2.24) is 14.6 Å². The average molecular weight is 944 g/mol. The Morgan fingerprint density at radius 1 is 0.841 bits per heavy atom. The molecule has 12 nitrogen and oxygen atoms in total. The number of anilines is 1. The number of aromatic nitrogens is 1. The second-order valence-electron chi connectivity index (χ2n) is 14.9. The predicted octanol–water partition coefficient (Wildman–Crippen LogP) is 8.96. The summed E-state index contributed by atoms with van der Waals surface area (Å²) < 4.78 is 85.5. The summed E-state index contributed by atoms with van der Waals surface area (Å²) in [5.41, 5.74) is -1.08. The van der Waals surface area contributed by atoms with Crippen LogP contribution in [0.1, 0.15) is 80.9 Å². The van der Waals surface area contributed by atoms with Crippen LogP contribution in [0.3, 0.4) is 0 Å². The number of carbonyl (C=O) groups excluding carboxylic acids is 1. The van der Waals surface area contributed by atoms with E-state index >= 15 is 0 Å². The van der Waals surface area contributed by atoms with Crippen molar-refractivity contribution in [3.05, 3.63) is 99.5 Å². The van der Waals surface area contributed by atoms with Crippen LogP contribution in [-0.2, 0) is 29.0 Å². The summed E-state index contributed by atoms with van der Waals surface area (Å²) in [5, 5.41) is 16.6. The maximum atomic E-state index is 13.3. The Morgan fingerprint density at radius 2 is 1.48 bits per heavy atom. The number of sulfonamides is 1. The lowest BCUT2D eigenvalue weighted by Gasteiger charge is -2.32. The molecule has 63 heavy (non-hydrogen) atoms.